The third-order valence-corrected chi connectivity index (χ3v) is 7.54. The highest BCUT2D eigenvalue weighted by Crippen LogP contribution is 2.32. The highest BCUT2D eigenvalue weighted by Gasteiger charge is 2.28. The first-order valence-corrected chi connectivity index (χ1v) is 11.7. The van der Waals surface area contributed by atoms with Crippen LogP contribution in [-0.4, -0.2) is 44.5 Å². The number of sulfonamides is 1. The Balaban J connectivity index is 1.55. The van der Waals surface area contributed by atoms with Crippen molar-refractivity contribution in [3.63, 3.8) is 0 Å². The van der Waals surface area contributed by atoms with E-state index in [-0.39, 0.29) is 21.9 Å². The number of hydrogen-bond donors (Lipinski definition) is 1. The second kappa shape index (κ2) is 8.38. The van der Waals surface area contributed by atoms with E-state index in [1.165, 1.54) is 30.5 Å². The first kappa shape index (κ1) is 20.9. The summed E-state index contributed by atoms with van der Waals surface area (Å²) in [5, 5.41) is 5.78. The third-order valence-electron chi connectivity index (χ3n) is 5.07. The van der Waals surface area contributed by atoms with Gasteiger partial charge in [-0.05, 0) is 35.4 Å². The number of nitrogens with two attached hydrogens (primary N) is 1. The number of halogens is 2. The molecule has 3 aromatic rings. The fourth-order valence-electron chi connectivity index (χ4n) is 3.60. The monoisotopic (exact) mass is 450 g/mol. The number of rotatable bonds is 5. The zero-order valence-corrected chi connectivity index (χ0v) is 17.5. The minimum Gasteiger partial charge on any atom is -0.345 e. The number of thiazole rings is 1. The maximum Gasteiger partial charge on any atom is 0.249 e. The van der Waals surface area contributed by atoms with Gasteiger partial charge in [-0.25, -0.2) is 27.3 Å². The molecule has 2 N–H and O–H groups in total. The predicted molar refractivity (Wildman–Crippen MR) is 112 cm³/mol. The molecule has 1 saturated heterocycles. The van der Waals surface area contributed by atoms with Crippen molar-refractivity contribution in [3.05, 3.63) is 77.5 Å². The molecule has 0 unspecified atom stereocenters. The predicted octanol–water partition coefficient (Wildman–Crippen LogP) is 2.98. The molecule has 10 heteroatoms. The summed E-state index contributed by atoms with van der Waals surface area (Å²) < 4.78 is 49.9. The lowest BCUT2D eigenvalue weighted by molar-refractivity contribution is 0.212. The van der Waals surface area contributed by atoms with Crippen LogP contribution in [0.2, 0.25) is 0 Å². The number of benzene rings is 2. The fraction of sp³-hybridized carbons (Fsp3) is 0.250. The van der Waals surface area contributed by atoms with E-state index < -0.39 is 10.0 Å². The van der Waals surface area contributed by atoms with Crippen LogP contribution in [0.3, 0.4) is 0 Å². The van der Waals surface area contributed by atoms with Crippen LogP contribution in [-0.2, 0) is 10.0 Å². The fourth-order valence-corrected chi connectivity index (χ4v) is 5.19. The summed E-state index contributed by atoms with van der Waals surface area (Å²) >= 11 is 1.05. The first-order chi connectivity index (χ1) is 14.3. The van der Waals surface area contributed by atoms with E-state index in [9.17, 15) is 17.2 Å². The zero-order chi connectivity index (χ0) is 21.3. The Kier molecular flexibility index (Phi) is 5.83. The number of piperazine rings is 1. The molecule has 1 fully saturated rings. The lowest BCUT2D eigenvalue weighted by Gasteiger charge is -2.39. The van der Waals surface area contributed by atoms with Gasteiger partial charge in [-0.15, -0.1) is 0 Å². The van der Waals surface area contributed by atoms with Gasteiger partial charge >= 0.3 is 0 Å². The second-order valence-corrected chi connectivity index (χ2v) is 9.83. The standard InChI is InChI=1S/C20H20F2N4O2S2/c21-16-5-1-14(2-6-16)19(15-3-7-17(22)8-4-15)25-9-11-26(12-10-25)20-24-13-18(29-20)30(23,27)28/h1-8,13,19H,9-12H2,(H2,23,27,28). The van der Waals surface area contributed by atoms with Gasteiger partial charge in [0.15, 0.2) is 9.34 Å². The van der Waals surface area contributed by atoms with Crippen LogP contribution in [0, 0.1) is 11.6 Å². The Labute approximate surface area is 177 Å². The van der Waals surface area contributed by atoms with Gasteiger partial charge < -0.3 is 4.90 Å². The summed E-state index contributed by atoms with van der Waals surface area (Å²) in [5.41, 5.74) is 1.84. The highest BCUT2D eigenvalue weighted by molar-refractivity contribution is 7.91. The van der Waals surface area contributed by atoms with Gasteiger partial charge in [0.25, 0.3) is 0 Å². The Bertz CT molecular complexity index is 1060. The van der Waals surface area contributed by atoms with Crippen LogP contribution in [0.5, 0.6) is 0 Å². The molecule has 4 rings (SSSR count). The Hall–Kier alpha value is -2.40. The van der Waals surface area contributed by atoms with Crippen molar-refractivity contribution >= 4 is 26.5 Å². The molecule has 1 aliphatic rings. The SMILES string of the molecule is NS(=O)(=O)c1cnc(N2CCN(C(c3ccc(F)cc3)c3ccc(F)cc3)CC2)s1. The highest BCUT2D eigenvalue weighted by atomic mass is 32.2. The first-order valence-electron chi connectivity index (χ1n) is 9.30. The molecule has 158 valence electrons. The Morgan fingerprint density at radius 1 is 0.900 bits per heavy atom. The van der Waals surface area contributed by atoms with Gasteiger partial charge in [0.05, 0.1) is 12.2 Å². The zero-order valence-electron chi connectivity index (χ0n) is 15.9. The van der Waals surface area contributed by atoms with E-state index in [4.69, 9.17) is 5.14 Å². The minimum atomic E-state index is -3.77. The molecule has 30 heavy (non-hydrogen) atoms. The molecule has 0 aliphatic carbocycles. The number of anilines is 1. The normalized spacial score (nSPS) is 15.7. The van der Waals surface area contributed by atoms with Crippen LogP contribution in [0.1, 0.15) is 17.2 Å². The van der Waals surface area contributed by atoms with E-state index in [2.05, 4.69) is 9.88 Å². The maximum absolute atomic E-state index is 13.4. The van der Waals surface area contributed by atoms with Gasteiger partial charge in [0, 0.05) is 26.2 Å². The van der Waals surface area contributed by atoms with E-state index in [1.54, 1.807) is 24.3 Å². The summed E-state index contributed by atoms with van der Waals surface area (Å²) in [7, 11) is -3.77. The number of aromatic nitrogens is 1. The van der Waals surface area contributed by atoms with Crippen LogP contribution >= 0.6 is 11.3 Å². The average molecular weight is 451 g/mol. The largest absolute Gasteiger partial charge is 0.345 e. The lowest BCUT2D eigenvalue weighted by atomic mass is 9.96. The summed E-state index contributed by atoms with van der Waals surface area (Å²) in [6.45, 7) is 2.61. The number of primary sulfonamides is 1. The second-order valence-electron chi connectivity index (χ2n) is 7.04. The van der Waals surface area contributed by atoms with Crippen molar-refractivity contribution < 1.29 is 17.2 Å². The van der Waals surface area contributed by atoms with E-state index >= 15 is 0 Å². The van der Waals surface area contributed by atoms with Crippen LogP contribution < -0.4 is 10.0 Å². The van der Waals surface area contributed by atoms with Crippen molar-refractivity contribution in [1.82, 2.24) is 9.88 Å². The molecule has 2 heterocycles. The summed E-state index contributed by atoms with van der Waals surface area (Å²) in [4.78, 5) is 8.45. The van der Waals surface area contributed by atoms with Crippen molar-refractivity contribution in [3.8, 4) is 0 Å². The van der Waals surface area contributed by atoms with Gasteiger partial charge in [0.2, 0.25) is 10.0 Å². The van der Waals surface area contributed by atoms with Gasteiger partial charge in [-0.1, -0.05) is 35.6 Å². The van der Waals surface area contributed by atoms with Gasteiger partial charge in [-0.2, -0.15) is 0 Å². The topological polar surface area (TPSA) is 79.5 Å². The van der Waals surface area contributed by atoms with Crippen molar-refractivity contribution in [2.45, 2.75) is 10.3 Å². The molecule has 0 spiro atoms. The lowest BCUT2D eigenvalue weighted by Crippen LogP contribution is -2.48. The van der Waals surface area contributed by atoms with Gasteiger partial charge in [0.1, 0.15) is 11.6 Å². The van der Waals surface area contributed by atoms with Crippen LogP contribution in [0.25, 0.3) is 0 Å². The Morgan fingerprint density at radius 2 is 1.40 bits per heavy atom. The molecule has 2 aromatic carbocycles. The van der Waals surface area contributed by atoms with Crippen molar-refractivity contribution in [1.29, 1.82) is 0 Å². The maximum atomic E-state index is 13.4. The van der Waals surface area contributed by atoms with E-state index in [1.807, 2.05) is 4.90 Å². The molecule has 1 aromatic heterocycles. The molecule has 0 radical (unpaired) electrons. The molecule has 0 amide bonds. The summed E-state index contributed by atoms with van der Waals surface area (Å²) in [6.07, 6.45) is 1.28. The van der Waals surface area contributed by atoms with E-state index in [0.717, 1.165) is 22.5 Å². The number of nitrogens with zero attached hydrogens (tertiary/aromatic N) is 3. The van der Waals surface area contributed by atoms with Crippen LogP contribution in [0.4, 0.5) is 13.9 Å². The van der Waals surface area contributed by atoms with Crippen LogP contribution in [0.15, 0.2) is 58.9 Å². The molecule has 6 nitrogen and oxygen atoms in total. The molecule has 0 atom stereocenters. The molecule has 0 saturated carbocycles. The molecular formula is C20H20F2N4O2S2. The smallest absolute Gasteiger partial charge is 0.249 e. The average Bonchev–Trinajstić information content (AvgIpc) is 3.22. The summed E-state index contributed by atoms with van der Waals surface area (Å²) in [6, 6.07) is 12.5. The van der Waals surface area contributed by atoms with E-state index in [0.29, 0.717) is 31.3 Å². The van der Waals surface area contributed by atoms with Gasteiger partial charge in [-0.3, -0.25) is 4.90 Å². The molecular weight excluding hydrogens is 430 g/mol. The third kappa shape index (κ3) is 4.51. The van der Waals surface area contributed by atoms with Crippen molar-refractivity contribution in [2.75, 3.05) is 31.1 Å². The quantitative estimate of drug-likeness (QED) is 0.647. The number of hydrogen-bond acceptors (Lipinski definition) is 6. The molecule has 0 bridgehead atoms. The van der Waals surface area contributed by atoms with Crippen molar-refractivity contribution in [2.24, 2.45) is 5.14 Å². The minimum absolute atomic E-state index is 0.0374. The Morgan fingerprint density at radius 3 is 1.83 bits per heavy atom. The summed E-state index contributed by atoms with van der Waals surface area (Å²) in [5.74, 6) is -0.619. The molecule has 1 aliphatic heterocycles.